The van der Waals surface area contributed by atoms with Gasteiger partial charge in [0.15, 0.2) is 5.65 Å². The number of anilines is 1. The molecule has 1 atom stereocenters. The van der Waals surface area contributed by atoms with E-state index in [-0.39, 0.29) is 6.04 Å². The van der Waals surface area contributed by atoms with E-state index in [2.05, 4.69) is 15.0 Å². The summed E-state index contributed by atoms with van der Waals surface area (Å²) in [6, 6.07) is 3.90. The molecule has 0 amide bonds. The van der Waals surface area contributed by atoms with Crippen LogP contribution in [-0.4, -0.2) is 33.7 Å². The SMILES string of the molecule is NC1CCN(c2nc3ccc(Cl)cn3n2)C1. The van der Waals surface area contributed by atoms with Gasteiger partial charge < -0.3 is 10.6 Å². The summed E-state index contributed by atoms with van der Waals surface area (Å²) in [6.45, 7) is 1.75. The normalized spacial score (nSPS) is 20.9. The average molecular weight is 238 g/mol. The van der Waals surface area contributed by atoms with Crippen LogP contribution in [0.4, 0.5) is 5.95 Å². The Balaban J connectivity index is 1.99. The van der Waals surface area contributed by atoms with Gasteiger partial charge in [-0.25, -0.2) is 4.52 Å². The van der Waals surface area contributed by atoms with Gasteiger partial charge in [0.2, 0.25) is 5.95 Å². The molecule has 1 unspecified atom stereocenters. The molecule has 0 radical (unpaired) electrons. The minimum Gasteiger partial charge on any atom is -0.338 e. The smallest absolute Gasteiger partial charge is 0.245 e. The summed E-state index contributed by atoms with van der Waals surface area (Å²) in [5, 5.41) is 5.04. The van der Waals surface area contributed by atoms with E-state index in [9.17, 15) is 0 Å². The van der Waals surface area contributed by atoms with Gasteiger partial charge in [-0.2, -0.15) is 4.98 Å². The van der Waals surface area contributed by atoms with Gasteiger partial charge in [0.05, 0.1) is 5.02 Å². The standard InChI is InChI=1S/C10H12ClN5/c11-7-1-2-9-13-10(14-16(9)5-7)15-4-3-8(12)6-15/h1-2,5,8H,3-4,6,12H2. The zero-order valence-corrected chi connectivity index (χ0v) is 9.43. The summed E-state index contributed by atoms with van der Waals surface area (Å²) in [7, 11) is 0. The monoisotopic (exact) mass is 237 g/mol. The van der Waals surface area contributed by atoms with Gasteiger partial charge in [0, 0.05) is 25.3 Å². The highest BCUT2D eigenvalue weighted by Crippen LogP contribution is 2.17. The van der Waals surface area contributed by atoms with Crippen molar-refractivity contribution in [2.24, 2.45) is 5.73 Å². The number of halogens is 1. The van der Waals surface area contributed by atoms with E-state index in [1.54, 1.807) is 10.7 Å². The number of pyridine rings is 1. The van der Waals surface area contributed by atoms with Gasteiger partial charge in [-0.05, 0) is 18.6 Å². The first-order valence-corrected chi connectivity index (χ1v) is 5.62. The predicted molar refractivity (Wildman–Crippen MR) is 62.8 cm³/mol. The Morgan fingerprint density at radius 3 is 3.06 bits per heavy atom. The maximum Gasteiger partial charge on any atom is 0.245 e. The van der Waals surface area contributed by atoms with E-state index < -0.39 is 0 Å². The van der Waals surface area contributed by atoms with E-state index in [0.29, 0.717) is 5.02 Å². The minimum absolute atomic E-state index is 0.232. The van der Waals surface area contributed by atoms with Crippen molar-refractivity contribution in [3.8, 4) is 0 Å². The Kier molecular flexibility index (Phi) is 2.22. The van der Waals surface area contributed by atoms with Crippen LogP contribution >= 0.6 is 11.6 Å². The van der Waals surface area contributed by atoms with Crippen molar-refractivity contribution in [1.82, 2.24) is 14.6 Å². The molecule has 1 fully saturated rings. The second-order valence-corrected chi connectivity index (χ2v) is 4.49. The zero-order valence-electron chi connectivity index (χ0n) is 8.67. The highest BCUT2D eigenvalue weighted by Gasteiger charge is 2.22. The predicted octanol–water partition coefficient (Wildman–Crippen LogP) is 0.920. The van der Waals surface area contributed by atoms with Crippen LogP contribution in [0.25, 0.3) is 5.65 Å². The fourth-order valence-corrected chi connectivity index (χ4v) is 2.10. The highest BCUT2D eigenvalue weighted by atomic mass is 35.5. The van der Waals surface area contributed by atoms with E-state index in [1.165, 1.54) is 0 Å². The van der Waals surface area contributed by atoms with Crippen LogP contribution in [0.2, 0.25) is 5.02 Å². The number of nitrogens with two attached hydrogens (primary N) is 1. The molecule has 3 rings (SSSR count). The number of hydrogen-bond acceptors (Lipinski definition) is 4. The third kappa shape index (κ3) is 1.62. The Hall–Kier alpha value is -1.33. The summed E-state index contributed by atoms with van der Waals surface area (Å²) in [4.78, 5) is 6.54. The summed E-state index contributed by atoms with van der Waals surface area (Å²) in [5.74, 6) is 0.732. The molecule has 2 N–H and O–H groups in total. The fraction of sp³-hybridized carbons (Fsp3) is 0.400. The molecule has 2 aromatic rings. The number of nitrogens with zero attached hydrogens (tertiary/aromatic N) is 4. The molecule has 1 aliphatic heterocycles. The van der Waals surface area contributed by atoms with Crippen LogP contribution in [0.15, 0.2) is 18.3 Å². The Labute approximate surface area is 97.8 Å². The van der Waals surface area contributed by atoms with Gasteiger partial charge in [-0.3, -0.25) is 0 Å². The summed E-state index contributed by atoms with van der Waals surface area (Å²) in [6.07, 6.45) is 2.75. The topological polar surface area (TPSA) is 59.5 Å². The van der Waals surface area contributed by atoms with Crippen molar-refractivity contribution in [1.29, 1.82) is 0 Å². The molecule has 1 saturated heterocycles. The first kappa shape index (κ1) is 9.86. The minimum atomic E-state index is 0.232. The number of aromatic nitrogens is 3. The molecule has 5 nitrogen and oxygen atoms in total. The molecular weight excluding hydrogens is 226 g/mol. The summed E-state index contributed by atoms with van der Waals surface area (Å²) >= 11 is 5.89. The maximum absolute atomic E-state index is 5.89. The molecular formula is C10H12ClN5. The molecule has 6 heteroatoms. The molecule has 0 aromatic carbocycles. The maximum atomic E-state index is 5.89. The molecule has 0 bridgehead atoms. The second-order valence-electron chi connectivity index (χ2n) is 4.06. The van der Waals surface area contributed by atoms with Crippen LogP contribution in [0, 0.1) is 0 Å². The second kappa shape index (κ2) is 3.61. The Bertz CT molecular complexity index is 523. The van der Waals surface area contributed by atoms with Crippen molar-refractivity contribution in [2.75, 3.05) is 18.0 Å². The molecule has 16 heavy (non-hydrogen) atoms. The molecule has 1 aliphatic rings. The number of fused-ring (bicyclic) bond motifs is 1. The molecule has 2 aromatic heterocycles. The van der Waals surface area contributed by atoms with Crippen LogP contribution in [0.1, 0.15) is 6.42 Å². The molecule has 0 aliphatic carbocycles. The Morgan fingerprint density at radius 2 is 2.31 bits per heavy atom. The number of hydrogen-bond donors (Lipinski definition) is 1. The van der Waals surface area contributed by atoms with Gasteiger partial charge in [-0.1, -0.05) is 11.6 Å². The highest BCUT2D eigenvalue weighted by molar-refractivity contribution is 6.30. The van der Waals surface area contributed by atoms with Crippen LogP contribution < -0.4 is 10.6 Å². The third-order valence-electron chi connectivity index (χ3n) is 2.79. The van der Waals surface area contributed by atoms with Crippen LogP contribution in [0.3, 0.4) is 0 Å². The lowest BCUT2D eigenvalue weighted by atomic mass is 10.3. The zero-order chi connectivity index (χ0) is 11.1. The largest absolute Gasteiger partial charge is 0.338 e. The van der Waals surface area contributed by atoms with E-state index >= 15 is 0 Å². The molecule has 3 heterocycles. The summed E-state index contributed by atoms with van der Waals surface area (Å²) < 4.78 is 1.70. The van der Waals surface area contributed by atoms with Gasteiger partial charge >= 0.3 is 0 Å². The third-order valence-corrected chi connectivity index (χ3v) is 3.01. The van der Waals surface area contributed by atoms with E-state index in [4.69, 9.17) is 17.3 Å². The van der Waals surface area contributed by atoms with Crippen LogP contribution in [-0.2, 0) is 0 Å². The lowest BCUT2D eigenvalue weighted by Crippen LogP contribution is -2.27. The van der Waals surface area contributed by atoms with E-state index in [0.717, 1.165) is 31.1 Å². The van der Waals surface area contributed by atoms with Gasteiger partial charge in [0.1, 0.15) is 0 Å². The van der Waals surface area contributed by atoms with E-state index in [1.807, 2.05) is 12.1 Å². The first-order valence-electron chi connectivity index (χ1n) is 5.25. The van der Waals surface area contributed by atoms with Crippen molar-refractivity contribution in [3.63, 3.8) is 0 Å². The van der Waals surface area contributed by atoms with Crippen molar-refractivity contribution in [2.45, 2.75) is 12.5 Å². The van der Waals surface area contributed by atoms with Crippen molar-refractivity contribution >= 4 is 23.2 Å². The molecule has 0 saturated carbocycles. The average Bonchev–Trinajstić information content (AvgIpc) is 2.83. The van der Waals surface area contributed by atoms with Crippen molar-refractivity contribution < 1.29 is 0 Å². The molecule has 84 valence electrons. The lowest BCUT2D eigenvalue weighted by molar-refractivity contribution is 0.750. The summed E-state index contributed by atoms with van der Waals surface area (Å²) in [5.41, 5.74) is 6.66. The fourth-order valence-electron chi connectivity index (χ4n) is 1.95. The van der Waals surface area contributed by atoms with Crippen molar-refractivity contribution in [3.05, 3.63) is 23.4 Å². The lowest BCUT2D eigenvalue weighted by Gasteiger charge is -2.11. The molecule has 0 spiro atoms. The van der Waals surface area contributed by atoms with Crippen LogP contribution in [0.5, 0.6) is 0 Å². The van der Waals surface area contributed by atoms with Gasteiger partial charge in [0.25, 0.3) is 0 Å². The first-order chi connectivity index (χ1) is 7.72. The quantitative estimate of drug-likeness (QED) is 0.801. The van der Waals surface area contributed by atoms with Gasteiger partial charge in [-0.15, -0.1) is 5.10 Å². The number of rotatable bonds is 1. The Morgan fingerprint density at radius 1 is 1.44 bits per heavy atom.